The Hall–Kier alpha value is -1.66. The van der Waals surface area contributed by atoms with Gasteiger partial charge in [-0.25, -0.2) is 0 Å². The number of hydrogen-bond acceptors (Lipinski definition) is 5. The molecule has 1 nitrogen and oxygen atoms in total. The third kappa shape index (κ3) is 4.79. The zero-order valence-corrected chi connectivity index (χ0v) is 17.6. The molecule has 3 aromatic carbocycles. The second kappa shape index (κ2) is 9.02. The average molecular weight is 425 g/mol. The van der Waals surface area contributed by atoms with Crippen molar-refractivity contribution in [3.8, 4) is 0 Å². The van der Waals surface area contributed by atoms with Crippen molar-refractivity contribution in [1.82, 2.24) is 0 Å². The molecule has 0 amide bonds. The lowest BCUT2D eigenvalue weighted by molar-refractivity contribution is 0.384. The third-order valence-electron chi connectivity index (χ3n) is 3.65. The average Bonchev–Trinajstić information content (AvgIpc) is 2.99. The van der Waals surface area contributed by atoms with E-state index >= 15 is 0 Å². The molecule has 0 saturated carbocycles. The Morgan fingerprint density at radius 3 is 1.41 bits per heavy atom. The van der Waals surface area contributed by atoms with Gasteiger partial charge in [-0.1, -0.05) is 89.9 Å². The van der Waals surface area contributed by atoms with E-state index in [-0.39, 0.29) is 0 Å². The quantitative estimate of drug-likeness (QED) is 0.315. The summed E-state index contributed by atoms with van der Waals surface area (Å²) in [4.78, 5) is 5.38. The van der Waals surface area contributed by atoms with Crippen molar-refractivity contribution < 1.29 is 4.42 Å². The summed E-state index contributed by atoms with van der Waals surface area (Å²) in [5.41, 5.74) is 0. The Labute approximate surface area is 177 Å². The van der Waals surface area contributed by atoms with E-state index in [2.05, 4.69) is 36.4 Å². The normalized spacial score (nSPS) is 10.9. The van der Waals surface area contributed by atoms with Gasteiger partial charge in [-0.3, -0.25) is 0 Å². The predicted molar refractivity (Wildman–Crippen MR) is 118 cm³/mol. The Balaban J connectivity index is 1.69. The van der Waals surface area contributed by atoms with Crippen molar-refractivity contribution in [2.45, 2.75) is 34.7 Å². The summed E-state index contributed by atoms with van der Waals surface area (Å²) in [6.07, 6.45) is 0. The maximum atomic E-state index is 6.25. The highest BCUT2D eigenvalue weighted by Crippen LogP contribution is 2.49. The molecule has 0 N–H and O–H groups in total. The van der Waals surface area contributed by atoms with Gasteiger partial charge in [0.05, 0.1) is 9.79 Å². The van der Waals surface area contributed by atoms with Crippen LogP contribution in [0, 0.1) is 0 Å². The first-order chi connectivity index (χ1) is 13.3. The molecular formula is C22H16OS4. The van der Waals surface area contributed by atoms with Crippen LogP contribution in [0.3, 0.4) is 0 Å². The van der Waals surface area contributed by atoms with Gasteiger partial charge in [0.15, 0.2) is 10.2 Å². The van der Waals surface area contributed by atoms with Crippen molar-refractivity contribution in [3.05, 3.63) is 91.0 Å². The molecule has 0 radical (unpaired) electrons. The summed E-state index contributed by atoms with van der Waals surface area (Å²) >= 11 is 9.73. The minimum absolute atomic E-state index is 0.821. The summed E-state index contributed by atoms with van der Waals surface area (Å²) in [6.45, 7) is 0. The van der Waals surface area contributed by atoms with Crippen LogP contribution in [0.4, 0.5) is 0 Å². The second-order valence-corrected chi connectivity index (χ2v) is 9.22. The molecule has 0 unspecified atom stereocenters. The lowest BCUT2D eigenvalue weighted by Gasteiger charge is -2.03. The van der Waals surface area contributed by atoms with Crippen LogP contribution in [-0.2, 0) is 0 Å². The summed E-state index contributed by atoms with van der Waals surface area (Å²) in [6, 6.07) is 30.8. The second-order valence-electron chi connectivity index (χ2n) is 5.60. The molecule has 4 aromatic rings. The van der Waals surface area contributed by atoms with Crippen LogP contribution >= 0.6 is 47.9 Å². The highest BCUT2D eigenvalue weighted by Gasteiger charge is 2.21. The van der Waals surface area contributed by atoms with Gasteiger partial charge in [-0.05, 0) is 36.4 Å². The Morgan fingerprint density at radius 2 is 0.926 bits per heavy atom. The first-order valence-corrected chi connectivity index (χ1v) is 11.2. The van der Waals surface area contributed by atoms with E-state index in [4.69, 9.17) is 17.0 Å². The SMILES string of the molecule is Sc1c(Sc2ccccc2)oc(Sc2ccccc2)c1Sc1ccccc1. The molecule has 0 aliphatic rings. The minimum atomic E-state index is 0.821. The first-order valence-electron chi connectivity index (χ1n) is 8.34. The standard InChI is InChI=1S/C22H16OS4/c24-19-20(25-16-10-4-1-5-11-16)22(27-18-14-8-3-9-15-18)23-21(19)26-17-12-6-2-7-13-17/h1-15,24H. The molecule has 0 spiro atoms. The van der Waals surface area contributed by atoms with Gasteiger partial charge in [-0.2, -0.15) is 0 Å². The lowest BCUT2D eigenvalue weighted by Crippen LogP contribution is -1.76. The van der Waals surface area contributed by atoms with Crippen LogP contribution in [0.5, 0.6) is 0 Å². The third-order valence-corrected chi connectivity index (χ3v) is 7.57. The van der Waals surface area contributed by atoms with Gasteiger partial charge in [0.25, 0.3) is 0 Å². The van der Waals surface area contributed by atoms with E-state index in [0.717, 1.165) is 29.8 Å². The summed E-state index contributed by atoms with van der Waals surface area (Å²) < 4.78 is 6.25. The van der Waals surface area contributed by atoms with Gasteiger partial charge >= 0.3 is 0 Å². The molecule has 27 heavy (non-hydrogen) atoms. The zero-order valence-electron chi connectivity index (χ0n) is 14.2. The Bertz CT molecular complexity index is 999. The fourth-order valence-corrected chi connectivity index (χ4v) is 5.76. The maximum absolute atomic E-state index is 6.25. The van der Waals surface area contributed by atoms with E-state index in [0.29, 0.717) is 0 Å². The van der Waals surface area contributed by atoms with Crippen LogP contribution in [0.2, 0.25) is 0 Å². The monoisotopic (exact) mass is 424 g/mol. The minimum Gasteiger partial charge on any atom is -0.440 e. The van der Waals surface area contributed by atoms with Crippen molar-refractivity contribution in [2.75, 3.05) is 0 Å². The van der Waals surface area contributed by atoms with Crippen molar-refractivity contribution in [3.63, 3.8) is 0 Å². The van der Waals surface area contributed by atoms with Gasteiger partial charge < -0.3 is 4.42 Å². The molecular weight excluding hydrogens is 409 g/mol. The van der Waals surface area contributed by atoms with Gasteiger partial charge in [0.2, 0.25) is 0 Å². The van der Waals surface area contributed by atoms with Crippen molar-refractivity contribution in [1.29, 1.82) is 0 Å². The zero-order chi connectivity index (χ0) is 18.5. The molecule has 0 aliphatic heterocycles. The molecule has 5 heteroatoms. The van der Waals surface area contributed by atoms with Gasteiger partial charge in [0.1, 0.15) is 0 Å². The molecule has 0 bridgehead atoms. The van der Waals surface area contributed by atoms with Crippen LogP contribution in [0.25, 0.3) is 0 Å². The van der Waals surface area contributed by atoms with E-state index in [9.17, 15) is 0 Å². The Morgan fingerprint density at radius 1 is 0.519 bits per heavy atom. The molecule has 134 valence electrons. The van der Waals surface area contributed by atoms with Crippen LogP contribution < -0.4 is 0 Å². The molecule has 0 atom stereocenters. The smallest absolute Gasteiger partial charge is 0.181 e. The lowest BCUT2D eigenvalue weighted by atomic mass is 10.4. The molecule has 1 aromatic heterocycles. The maximum Gasteiger partial charge on any atom is 0.181 e. The number of hydrogen-bond donors (Lipinski definition) is 1. The number of thiol groups is 1. The van der Waals surface area contributed by atoms with E-state index in [1.807, 2.05) is 54.6 Å². The van der Waals surface area contributed by atoms with Gasteiger partial charge in [0, 0.05) is 14.7 Å². The summed E-state index contributed by atoms with van der Waals surface area (Å²) in [5.74, 6) is 0. The fraction of sp³-hybridized carbons (Fsp3) is 0. The van der Waals surface area contributed by atoms with Crippen LogP contribution in [-0.4, -0.2) is 0 Å². The van der Waals surface area contributed by atoms with Crippen molar-refractivity contribution >= 4 is 47.9 Å². The van der Waals surface area contributed by atoms with Gasteiger partial charge in [-0.15, -0.1) is 12.6 Å². The molecule has 4 rings (SSSR count). The van der Waals surface area contributed by atoms with E-state index in [1.165, 1.54) is 4.90 Å². The summed E-state index contributed by atoms with van der Waals surface area (Å²) in [5, 5.41) is 1.69. The molecule has 0 aliphatic carbocycles. The van der Waals surface area contributed by atoms with Crippen LogP contribution in [0.15, 0.2) is 130 Å². The highest BCUT2D eigenvalue weighted by atomic mass is 32.2. The predicted octanol–water partition coefficient (Wildman–Crippen LogP) is 8.02. The van der Waals surface area contributed by atoms with E-state index < -0.39 is 0 Å². The molecule has 0 saturated heterocycles. The summed E-state index contributed by atoms with van der Waals surface area (Å²) in [7, 11) is 0. The topological polar surface area (TPSA) is 13.1 Å². The first kappa shape index (κ1) is 18.7. The number of benzene rings is 3. The number of rotatable bonds is 6. The van der Waals surface area contributed by atoms with Crippen molar-refractivity contribution in [2.24, 2.45) is 0 Å². The highest BCUT2D eigenvalue weighted by molar-refractivity contribution is 8.03. The van der Waals surface area contributed by atoms with E-state index in [1.54, 1.807) is 35.3 Å². The molecule has 1 heterocycles. The van der Waals surface area contributed by atoms with Crippen LogP contribution in [0.1, 0.15) is 0 Å². The Kier molecular flexibility index (Phi) is 6.24. The largest absolute Gasteiger partial charge is 0.440 e. The molecule has 0 fully saturated rings. The fourth-order valence-electron chi connectivity index (χ4n) is 2.39. The number of furan rings is 1.